The molecule has 0 aromatic heterocycles. The Bertz CT molecular complexity index is 595. The van der Waals surface area contributed by atoms with Gasteiger partial charge in [-0.25, -0.2) is 4.39 Å². The maximum Gasteiger partial charge on any atom is 0.123 e. The molecule has 0 saturated heterocycles. The van der Waals surface area contributed by atoms with E-state index < -0.39 is 0 Å². The fourth-order valence-electron chi connectivity index (χ4n) is 2.08. The van der Waals surface area contributed by atoms with Crippen molar-refractivity contribution in [1.82, 2.24) is 0 Å². The molecule has 3 heteroatoms. The third-order valence-corrected chi connectivity index (χ3v) is 4.22. The fraction of sp³-hybridized carbons (Fsp3) is 0.250. The van der Waals surface area contributed by atoms with Crippen LogP contribution < -0.4 is 5.73 Å². The monoisotopic (exact) mass is 321 g/mol. The van der Waals surface area contributed by atoms with Gasteiger partial charge in [-0.3, -0.25) is 0 Å². The highest BCUT2D eigenvalue weighted by Crippen LogP contribution is 2.24. The van der Waals surface area contributed by atoms with Crippen LogP contribution >= 0.6 is 15.9 Å². The summed E-state index contributed by atoms with van der Waals surface area (Å²) in [5, 5.41) is 0. The largest absolute Gasteiger partial charge is 0.324 e. The molecule has 0 aliphatic heterocycles. The van der Waals surface area contributed by atoms with Gasteiger partial charge in [0.15, 0.2) is 0 Å². The number of benzene rings is 2. The summed E-state index contributed by atoms with van der Waals surface area (Å²) in [5.41, 5.74) is 10.5. The standard InChI is InChI=1S/C16H17BrFN/c1-10-3-4-13(8-15(10)17)16(19)9-12-5-6-14(18)7-11(12)2/h3-8,16H,9,19H2,1-2H3. The van der Waals surface area contributed by atoms with Crippen LogP contribution in [0.25, 0.3) is 0 Å². The lowest BCUT2D eigenvalue weighted by Gasteiger charge is -2.15. The van der Waals surface area contributed by atoms with Gasteiger partial charge in [-0.1, -0.05) is 34.1 Å². The summed E-state index contributed by atoms with van der Waals surface area (Å²) < 4.78 is 14.1. The molecule has 0 amide bonds. The van der Waals surface area contributed by atoms with Gasteiger partial charge in [0.25, 0.3) is 0 Å². The van der Waals surface area contributed by atoms with Crippen LogP contribution in [0, 0.1) is 19.7 Å². The third kappa shape index (κ3) is 3.43. The van der Waals surface area contributed by atoms with Crippen LogP contribution in [0.2, 0.25) is 0 Å². The lowest BCUT2D eigenvalue weighted by Crippen LogP contribution is -2.14. The topological polar surface area (TPSA) is 26.0 Å². The van der Waals surface area contributed by atoms with Gasteiger partial charge in [0, 0.05) is 10.5 Å². The van der Waals surface area contributed by atoms with Gasteiger partial charge in [-0.15, -0.1) is 0 Å². The summed E-state index contributed by atoms with van der Waals surface area (Å²) in [5.74, 6) is -0.201. The molecule has 0 aliphatic rings. The van der Waals surface area contributed by atoms with Crippen LogP contribution in [-0.2, 0) is 6.42 Å². The number of aryl methyl sites for hydroxylation is 2. The quantitative estimate of drug-likeness (QED) is 0.888. The molecule has 0 saturated carbocycles. The van der Waals surface area contributed by atoms with Gasteiger partial charge in [0.05, 0.1) is 0 Å². The van der Waals surface area contributed by atoms with Crippen LogP contribution in [0.3, 0.4) is 0 Å². The van der Waals surface area contributed by atoms with E-state index in [-0.39, 0.29) is 11.9 Å². The molecular formula is C16H17BrFN. The number of nitrogens with two attached hydrogens (primary N) is 1. The molecule has 0 radical (unpaired) electrons. The van der Waals surface area contributed by atoms with Gasteiger partial charge in [-0.05, 0) is 60.7 Å². The fourth-order valence-corrected chi connectivity index (χ4v) is 2.48. The normalized spacial score (nSPS) is 12.5. The maximum absolute atomic E-state index is 13.1. The summed E-state index contributed by atoms with van der Waals surface area (Å²) in [7, 11) is 0. The highest BCUT2D eigenvalue weighted by atomic mass is 79.9. The van der Waals surface area contributed by atoms with E-state index in [1.165, 1.54) is 11.6 Å². The lowest BCUT2D eigenvalue weighted by atomic mass is 9.96. The van der Waals surface area contributed by atoms with Crippen molar-refractivity contribution in [3.63, 3.8) is 0 Å². The Morgan fingerprint density at radius 1 is 1.11 bits per heavy atom. The van der Waals surface area contributed by atoms with Gasteiger partial charge in [-0.2, -0.15) is 0 Å². The molecule has 0 fully saturated rings. The first kappa shape index (κ1) is 14.2. The Morgan fingerprint density at radius 2 is 1.84 bits per heavy atom. The Morgan fingerprint density at radius 3 is 2.47 bits per heavy atom. The van der Waals surface area contributed by atoms with Crippen LogP contribution in [0.15, 0.2) is 40.9 Å². The van der Waals surface area contributed by atoms with Crippen molar-refractivity contribution in [1.29, 1.82) is 0 Å². The second-order valence-corrected chi connectivity index (χ2v) is 5.74. The zero-order valence-corrected chi connectivity index (χ0v) is 12.7. The molecule has 1 unspecified atom stereocenters. The van der Waals surface area contributed by atoms with Crippen LogP contribution in [0.5, 0.6) is 0 Å². The second-order valence-electron chi connectivity index (χ2n) is 4.89. The molecule has 2 rings (SSSR count). The molecule has 0 aliphatic carbocycles. The van der Waals surface area contributed by atoms with E-state index in [0.29, 0.717) is 6.42 Å². The lowest BCUT2D eigenvalue weighted by molar-refractivity contribution is 0.624. The highest BCUT2D eigenvalue weighted by Gasteiger charge is 2.10. The molecule has 19 heavy (non-hydrogen) atoms. The minimum absolute atomic E-state index is 0.0824. The zero-order chi connectivity index (χ0) is 14.0. The second kappa shape index (κ2) is 5.85. The van der Waals surface area contributed by atoms with Crippen molar-refractivity contribution in [3.05, 3.63) is 68.9 Å². The van der Waals surface area contributed by atoms with Crippen molar-refractivity contribution in [2.75, 3.05) is 0 Å². The summed E-state index contributed by atoms with van der Waals surface area (Å²) in [6, 6.07) is 10.9. The predicted molar refractivity (Wildman–Crippen MR) is 80.6 cm³/mol. The van der Waals surface area contributed by atoms with Crippen LogP contribution in [0.4, 0.5) is 4.39 Å². The SMILES string of the molecule is Cc1ccc(C(N)Cc2ccc(F)cc2C)cc1Br. The van der Waals surface area contributed by atoms with Gasteiger partial charge in [0.1, 0.15) is 5.82 Å². The van der Waals surface area contributed by atoms with Gasteiger partial charge >= 0.3 is 0 Å². The average Bonchev–Trinajstić information content (AvgIpc) is 2.36. The van der Waals surface area contributed by atoms with Crippen LogP contribution in [0.1, 0.15) is 28.3 Å². The predicted octanol–water partition coefficient (Wildman–Crippen LogP) is 4.45. The minimum Gasteiger partial charge on any atom is -0.324 e. The smallest absolute Gasteiger partial charge is 0.123 e. The van der Waals surface area contributed by atoms with Crippen molar-refractivity contribution in [3.8, 4) is 0 Å². The molecule has 2 N–H and O–H groups in total. The third-order valence-electron chi connectivity index (χ3n) is 3.37. The summed E-state index contributed by atoms with van der Waals surface area (Å²) in [4.78, 5) is 0. The molecule has 0 spiro atoms. The zero-order valence-electron chi connectivity index (χ0n) is 11.1. The maximum atomic E-state index is 13.1. The van der Waals surface area contributed by atoms with E-state index in [0.717, 1.165) is 21.2 Å². The van der Waals surface area contributed by atoms with E-state index in [1.807, 2.05) is 26.0 Å². The molecule has 0 bridgehead atoms. The molecular weight excluding hydrogens is 305 g/mol. The molecule has 100 valence electrons. The number of rotatable bonds is 3. The highest BCUT2D eigenvalue weighted by molar-refractivity contribution is 9.10. The number of hydrogen-bond acceptors (Lipinski definition) is 1. The number of halogens is 2. The Kier molecular flexibility index (Phi) is 4.38. The first-order valence-corrected chi connectivity index (χ1v) is 7.03. The van der Waals surface area contributed by atoms with Crippen molar-refractivity contribution in [2.24, 2.45) is 5.73 Å². The van der Waals surface area contributed by atoms with Crippen molar-refractivity contribution in [2.45, 2.75) is 26.3 Å². The Balaban J connectivity index is 2.20. The number of hydrogen-bond donors (Lipinski definition) is 1. The van der Waals surface area contributed by atoms with Crippen LogP contribution in [-0.4, -0.2) is 0 Å². The van der Waals surface area contributed by atoms with E-state index in [2.05, 4.69) is 28.1 Å². The molecule has 1 atom stereocenters. The molecule has 2 aromatic carbocycles. The summed E-state index contributed by atoms with van der Waals surface area (Å²) in [6.07, 6.45) is 0.710. The summed E-state index contributed by atoms with van der Waals surface area (Å²) >= 11 is 3.52. The summed E-state index contributed by atoms with van der Waals surface area (Å²) in [6.45, 7) is 3.96. The molecule has 0 heterocycles. The minimum atomic E-state index is -0.201. The van der Waals surface area contributed by atoms with E-state index in [4.69, 9.17) is 5.73 Å². The van der Waals surface area contributed by atoms with Gasteiger partial charge in [0.2, 0.25) is 0 Å². The first-order valence-electron chi connectivity index (χ1n) is 6.24. The average molecular weight is 322 g/mol. The Labute approximate surface area is 121 Å². The first-order chi connectivity index (χ1) is 8.97. The van der Waals surface area contributed by atoms with Gasteiger partial charge < -0.3 is 5.73 Å². The van der Waals surface area contributed by atoms with Crippen molar-refractivity contribution < 1.29 is 4.39 Å². The molecule has 1 nitrogen and oxygen atoms in total. The Hall–Kier alpha value is -1.19. The van der Waals surface area contributed by atoms with E-state index in [9.17, 15) is 4.39 Å². The van der Waals surface area contributed by atoms with E-state index >= 15 is 0 Å². The molecule has 2 aromatic rings. The van der Waals surface area contributed by atoms with E-state index in [1.54, 1.807) is 6.07 Å². The van der Waals surface area contributed by atoms with Crippen molar-refractivity contribution >= 4 is 15.9 Å².